The summed E-state index contributed by atoms with van der Waals surface area (Å²) in [5, 5.41) is 0. The van der Waals surface area contributed by atoms with Crippen LogP contribution in [0.2, 0.25) is 0 Å². The summed E-state index contributed by atoms with van der Waals surface area (Å²) in [4.78, 5) is 10.5. The Morgan fingerprint density at radius 1 is 1.31 bits per heavy atom. The first-order valence-corrected chi connectivity index (χ1v) is 6.20. The third kappa shape index (κ3) is 11.4. The zero-order valence-corrected chi connectivity index (χ0v) is 10.0. The van der Waals surface area contributed by atoms with E-state index in [9.17, 15) is 13.2 Å². The molecule has 8 heteroatoms. The first-order valence-electron chi connectivity index (χ1n) is 4.59. The molecule has 0 aliphatic heterocycles. The quantitative estimate of drug-likeness (QED) is 0.365. The van der Waals surface area contributed by atoms with Gasteiger partial charge in [-0.1, -0.05) is 0 Å². The van der Waals surface area contributed by atoms with E-state index in [1.165, 1.54) is 6.92 Å². The molecule has 0 heterocycles. The van der Waals surface area contributed by atoms with Gasteiger partial charge >= 0.3 is 5.97 Å². The number of carbonyl (C=O) groups is 1. The highest BCUT2D eigenvalue weighted by Crippen LogP contribution is 1.93. The summed E-state index contributed by atoms with van der Waals surface area (Å²) in [5.41, 5.74) is 0. The third-order valence-electron chi connectivity index (χ3n) is 1.32. The van der Waals surface area contributed by atoms with Gasteiger partial charge in [-0.3, -0.25) is 9.35 Å². The Labute approximate surface area is 94.4 Å². The fourth-order valence-electron chi connectivity index (χ4n) is 0.849. The number of hydrogen-bond acceptors (Lipinski definition) is 6. The molecule has 0 rings (SSSR count). The molecular formula is C8H16O7S. The summed E-state index contributed by atoms with van der Waals surface area (Å²) < 4.78 is 43.2. The van der Waals surface area contributed by atoms with E-state index >= 15 is 0 Å². The molecule has 7 nitrogen and oxygen atoms in total. The zero-order chi connectivity index (χ0) is 12.6. The Morgan fingerprint density at radius 3 is 2.38 bits per heavy atom. The van der Waals surface area contributed by atoms with Crippen molar-refractivity contribution >= 4 is 16.1 Å². The monoisotopic (exact) mass is 256 g/mol. The molecule has 16 heavy (non-hydrogen) atoms. The van der Waals surface area contributed by atoms with Crippen LogP contribution >= 0.6 is 0 Å². The standard InChI is InChI=1S/C8H16O7S/c1-7(15-8(2)9)5-13-3-4-14-6-16(10,11)12/h7H,3-6H2,1-2H3,(H,10,11,12). The first kappa shape index (κ1) is 15.3. The maximum absolute atomic E-state index is 10.5. The van der Waals surface area contributed by atoms with Gasteiger partial charge in [0.05, 0.1) is 19.8 Å². The fourth-order valence-corrected chi connectivity index (χ4v) is 1.18. The van der Waals surface area contributed by atoms with Crippen LogP contribution in [-0.4, -0.2) is 50.8 Å². The fraction of sp³-hybridized carbons (Fsp3) is 0.875. The van der Waals surface area contributed by atoms with Crippen molar-refractivity contribution < 1.29 is 32.0 Å². The molecule has 0 saturated carbocycles. The number of carbonyl (C=O) groups excluding carboxylic acids is 1. The van der Waals surface area contributed by atoms with Crippen LogP contribution < -0.4 is 0 Å². The lowest BCUT2D eigenvalue weighted by atomic mass is 10.4. The highest BCUT2D eigenvalue weighted by atomic mass is 32.2. The molecule has 0 aliphatic rings. The number of ether oxygens (including phenoxy) is 3. The van der Waals surface area contributed by atoms with Gasteiger partial charge in [0.15, 0.2) is 5.94 Å². The van der Waals surface area contributed by atoms with Gasteiger partial charge in [0, 0.05) is 6.92 Å². The molecule has 0 aliphatic carbocycles. The van der Waals surface area contributed by atoms with Crippen LogP contribution in [0.15, 0.2) is 0 Å². The van der Waals surface area contributed by atoms with E-state index in [1.807, 2.05) is 0 Å². The normalized spacial score (nSPS) is 13.4. The van der Waals surface area contributed by atoms with E-state index in [-0.39, 0.29) is 25.9 Å². The molecule has 0 fully saturated rings. The summed E-state index contributed by atoms with van der Waals surface area (Å²) >= 11 is 0. The molecule has 0 aromatic carbocycles. The highest BCUT2D eigenvalue weighted by Gasteiger charge is 2.06. The van der Waals surface area contributed by atoms with Gasteiger partial charge in [0.25, 0.3) is 10.1 Å². The molecular weight excluding hydrogens is 240 g/mol. The second-order valence-electron chi connectivity index (χ2n) is 3.10. The number of rotatable bonds is 8. The van der Waals surface area contributed by atoms with Crippen molar-refractivity contribution in [3.05, 3.63) is 0 Å². The largest absolute Gasteiger partial charge is 0.460 e. The van der Waals surface area contributed by atoms with Gasteiger partial charge < -0.3 is 14.2 Å². The maximum atomic E-state index is 10.5. The lowest BCUT2D eigenvalue weighted by Gasteiger charge is -2.11. The van der Waals surface area contributed by atoms with E-state index in [1.54, 1.807) is 6.92 Å². The zero-order valence-electron chi connectivity index (χ0n) is 9.21. The second kappa shape index (κ2) is 7.55. The second-order valence-corrected chi connectivity index (χ2v) is 4.50. The Balaban J connectivity index is 3.37. The molecule has 0 radical (unpaired) electrons. The van der Waals surface area contributed by atoms with Gasteiger partial charge in [-0.05, 0) is 6.92 Å². The summed E-state index contributed by atoms with van der Waals surface area (Å²) in [7, 11) is -4.09. The van der Waals surface area contributed by atoms with E-state index in [0.717, 1.165) is 0 Å². The van der Waals surface area contributed by atoms with Crippen molar-refractivity contribution in [3.63, 3.8) is 0 Å². The minimum Gasteiger partial charge on any atom is -0.460 e. The van der Waals surface area contributed by atoms with E-state index in [0.29, 0.717) is 0 Å². The van der Waals surface area contributed by atoms with Crippen molar-refractivity contribution in [2.45, 2.75) is 20.0 Å². The average molecular weight is 256 g/mol. The van der Waals surface area contributed by atoms with Crippen molar-refractivity contribution in [2.75, 3.05) is 25.8 Å². The molecule has 1 N–H and O–H groups in total. The topological polar surface area (TPSA) is 99.1 Å². The summed E-state index contributed by atoms with van der Waals surface area (Å²) in [5.74, 6) is -1.14. The molecule has 0 bridgehead atoms. The lowest BCUT2D eigenvalue weighted by molar-refractivity contribution is -0.148. The minimum atomic E-state index is -4.09. The average Bonchev–Trinajstić information content (AvgIpc) is 2.07. The molecule has 0 aromatic heterocycles. The van der Waals surface area contributed by atoms with Gasteiger partial charge in [-0.25, -0.2) is 0 Å². The number of hydrogen-bond donors (Lipinski definition) is 1. The Hall–Kier alpha value is -0.700. The molecule has 0 spiro atoms. The van der Waals surface area contributed by atoms with Crippen LogP contribution in [0.3, 0.4) is 0 Å². The van der Waals surface area contributed by atoms with Gasteiger partial charge in [-0.15, -0.1) is 0 Å². The summed E-state index contributed by atoms with van der Waals surface area (Å²) in [6.07, 6.45) is -0.362. The van der Waals surface area contributed by atoms with E-state index in [4.69, 9.17) is 14.0 Å². The molecule has 0 saturated heterocycles. The predicted molar refractivity (Wildman–Crippen MR) is 54.4 cm³/mol. The van der Waals surface area contributed by atoms with Crippen molar-refractivity contribution in [1.82, 2.24) is 0 Å². The van der Waals surface area contributed by atoms with E-state index in [2.05, 4.69) is 4.74 Å². The van der Waals surface area contributed by atoms with E-state index < -0.39 is 22.0 Å². The molecule has 1 atom stereocenters. The number of esters is 1. The van der Waals surface area contributed by atoms with Gasteiger partial charge in [0.1, 0.15) is 6.10 Å². The van der Waals surface area contributed by atoms with Crippen molar-refractivity contribution in [3.8, 4) is 0 Å². The Morgan fingerprint density at radius 2 is 1.88 bits per heavy atom. The first-order chi connectivity index (χ1) is 7.31. The van der Waals surface area contributed by atoms with Crippen LogP contribution in [0.25, 0.3) is 0 Å². The van der Waals surface area contributed by atoms with Crippen molar-refractivity contribution in [1.29, 1.82) is 0 Å². The van der Waals surface area contributed by atoms with Crippen LogP contribution in [0, 0.1) is 0 Å². The summed E-state index contributed by atoms with van der Waals surface area (Å²) in [6.45, 7) is 3.36. The van der Waals surface area contributed by atoms with Gasteiger partial charge in [0.2, 0.25) is 0 Å². The third-order valence-corrected chi connectivity index (χ3v) is 1.79. The van der Waals surface area contributed by atoms with Crippen LogP contribution in [0.4, 0.5) is 0 Å². The van der Waals surface area contributed by atoms with Crippen LogP contribution in [-0.2, 0) is 29.1 Å². The highest BCUT2D eigenvalue weighted by molar-refractivity contribution is 7.85. The molecule has 0 amide bonds. The Kier molecular flexibility index (Phi) is 7.22. The molecule has 96 valence electrons. The Bertz CT molecular complexity index is 298. The van der Waals surface area contributed by atoms with Crippen molar-refractivity contribution in [2.24, 2.45) is 0 Å². The maximum Gasteiger partial charge on any atom is 0.302 e. The smallest absolute Gasteiger partial charge is 0.302 e. The predicted octanol–water partition coefficient (Wildman–Crippen LogP) is -0.183. The lowest BCUT2D eigenvalue weighted by Crippen LogP contribution is -2.20. The van der Waals surface area contributed by atoms with Crippen LogP contribution in [0.5, 0.6) is 0 Å². The summed E-state index contributed by atoms with van der Waals surface area (Å²) in [6, 6.07) is 0. The molecule has 1 unspecified atom stereocenters. The molecule has 0 aromatic rings. The van der Waals surface area contributed by atoms with Crippen LogP contribution in [0.1, 0.15) is 13.8 Å². The minimum absolute atomic E-state index is 0.0343. The SMILES string of the molecule is CC(=O)OC(C)COCCOCS(=O)(=O)O. The van der Waals surface area contributed by atoms with Gasteiger partial charge in [-0.2, -0.15) is 8.42 Å².